The van der Waals surface area contributed by atoms with Crippen LogP contribution in [0.2, 0.25) is 0 Å². The minimum atomic E-state index is -0.598. The van der Waals surface area contributed by atoms with E-state index in [4.69, 9.17) is 9.47 Å². The number of ether oxygens (including phenoxy) is 2. The number of rotatable bonds is 8. The Balaban J connectivity index is 1.62. The first kappa shape index (κ1) is 24.0. The Kier molecular flexibility index (Phi) is 7.11. The van der Waals surface area contributed by atoms with E-state index in [1.807, 2.05) is 0 Å². The lowest BCUT2D eigenvalue weighted by Gasteiger charge is -2.14. The van der Waals surface area contributed by atoms with E-state index < -0.39 is 23.1 Å². The number of methoxy groups -OCH3 is 1. The van der Waals surface area contributed by atoms with Crippen LogP contribution in [0.1, 0.15) is 22.8 Å². The van der Waals surface area contributed by atoms with Gasteiger partial charge in [-0.05, 0) is 48.7 Å². The molecule has 180 valence electrons. The Bertz CT molecular complexity index is 1500. The number of nitrogens with one attached hydrogen (secondary N) is 1. The number of nitrogens with zero attached hydrogens (tertiary/aromatic N) is 2. The van der Waals surface area contributed by atoms with Crippen molar-refractivity contribution in [3.8, 4) is 5.75 Å². The fourth-order valence-corrected chi connectivity index (χ4v) is 4.52. The summed E-state index contributed by atoms with van der Waals surface area (Å²) < 4.78 is 13.1. The van der Waals surface area contributed by atoms with E-state index in [0.29, 0.717) is 32.8 Å². The molecule has 10 heteroatoms. The molecule has 2 heterocycles. The number of esters is 1. The summed E-state index contributed by atoms with van der Waals surface area (Å²) in [5, 5.41) is 4.43. The van der Waals surface area contributed by atoms with Gasteiger partial charge in [-0.25, -0.2) is 9.59 Å². The number of hydrogen-bond acceptors (Lipinski definition) is 7. The zero-order valence-electron chi connectivity index (χ0n) is 19.1. The largest absolute Gasteiger partial charge is 0.496 e. The van der Waals surface area contributed by atoms with Gasteiger partial charge in [0.15, 0.2) is 0 Å². The van der Waals surface area contributed by atoms with Gasteiger partial charge < -0.3 is 14.8 Å². The maximum absolute atomic E-state index is 13.3. The standard InChI is InChI=1S/C25H23N3O6S/c1-3-34-24(31)16-8-10-18(11-9-16)26-21(29)15-27-19-12-13-35-22(19)23(30)28(25(27)32)14-17-6-4-5-7-20(17)33-2/h4-13H,3,14-15H2,1-2H3,(H,26,29). The SMILES string of the molecule is CCOC(=O)c1ccc(NC(=O)Cn2c(=O)n(Cc3ccccc3OC)c(=O)c3sccc32)cc1. The van der Waals surface area contributed by atoms with Crippen molar-refractivity contribution in [2.45, 2.75) is 20.0 Å². The quantitative estimate of drug-likeness (QED) is 0.378. The number of fused-ring (bicyclic) bond motifs is 1. The van der Waals surface area contributed by atoms with E-state index in [2.05, 4.69) is 5.32 Å². The van der Waals surface area contributed by atoms with Crippen molar-refractivity contribution in [3.05, 3.63) is 91.9 Å². The number of hydrogen-bond donors (Lipinski definition) is 1. The van der Waals surface area contributed by atoms with E-state index >= 15 is 0 Å². The van der Waals surface area contributed by atoms with Crippen LogP contribution in [0.15, 0.2) is 69.6 Å². The number of thiophene rings is 1. The number of carbonyl (C=O) groups excluding carboxylic acids is 2. The molecule has 0 aliphatic carbocycles. The Morgan fingerprint density at radius 2 is 1.74 bits per heavy atom. The Morgan fingerprint density at radius 3 is 2.46 bits per heavy atom. The molecule has 0 spiro atoms. The lowest BCUT2D eigenvalue weighted by Crippen LogP contribution is -2.41. The van der Waals surface area contributed by atoms with Crippen LogP contribution < -0.4 is 21.3 Å². The lowest BCUT2D eigenvalue weighted by molar-refractivity contribution is -0.116. The molecule has 9 nitrogen and oxygen atoms in total. The highest BCUT2D eigenvalue weighted by Crippen LogP contribution is 2.19. The van der Waals surface area contributed by atoms with Crippen LogP contribution in [0.5, 0.6) is 5.75 Å². The van der Waals surface area contributed by atoms with Crippen LogP contribution in [0.4, 0.5) is 5.69 Å². The third-order valence-corrected chi connectivity index (χ3v) is 6.23. The fourth-order valence-electron chi connectivity index (χ4n) is 3.68. The van der Waals surface area contributed by atoms with Gasteiger partial charge in [-0.15, -0.1) is 11.3 Å². The van der Waals surface area contributed by atoms with E-state index in [1.54, 1.807) is 66.9 Å². The van der Waals surface area contributed by atoms with Crippen molar-refractivity contribution in [1.29, 1.82) is 0 Å². The molecule has 0 unspecified atom stereocenters. The second kappa shape index (κ2) is 10.4. The molecule has 0 fully saturated rings. The molecule has 0 aliphatic rings. The third kappa shape index (κ3) is 5.02. The molecule has 0 bridgehead atoms. The summed E-state index contributed by atoms with van der Waals surface area (Å²) >= 11 is 1.21. The van der Waals surface area contributed by atoms with E-state index in [-0.39, 0.29) is 19.7 Å². The summed E-state index contributed by atoms with van der Waals surface area (Å²) in [4.78, 5) is 51.0. The van der Waals surface area contributed by atoms with Crippen LogP contribution in [-0.2, 0) is 22.6 Å². The summed E-state index contributed by atoms with van der Waals surface area (Å²) in [6.45, 7) is 1.70. The molecule has 4 aromatic rings. The maximum Gasteiger partial charge on any atom is 0.338 e. The summed E-state index contributed by atoms with van der Waals surface area (Å²) in [6.07, 6.45) is 0. The van der Waals surface area contributed by atoms with Gasteiger partial charge in [-0.2, -0.15) is 0 Å². The number of benzene rings is 2. The molecule has 0 aliphatic heterocycles. The second-order valence-electron chi connectivity index (χ2n) is 7.55. The van der Waals surface area contributed by atoms with Gasteiger partial charge in [0.25, 0.3) is 5.56 Å². The van der Waals surface area contributed by atoms with Crippen molar-refractivity contribution < 1.29 is 19.1 Å². The smallest absolute Gasteiger partial charge is 0.338 e. The fraction of sp³-hybridized carbons (Fsp3) is 0.200. The van der Waals surface area contributed by atoms with E-state index in [0.717, 1.165) is 4.57 Å². The normalized spacial score (nSPS) is 10.8. The first-order chi connectivity index (χ1) is 16.9. The molecular weight excluding hydrogens is 470 g/mol. The summed E-state index contributed by atoms with van der Waals surface area (Å²) in [7, 11) is 1.52. The number of amides is 1. The van der Waals surface area contributed by atoms with Gasteiger partial charge >= 0.3 is 11.7 Å². The number of aromatic nitrogens is 2. The van der Waals surface area contributed by atoms with Gasteiger partial charge in [0.1, 0.15) is 17.0 Å². The number of para-hydroxylation sites is 1. The van der Waals surface area contributed by atoms with E-state index in [9.17, 15) is 19.2 Å². The molecule has 2 aromatic heterocycles. The van der Waals surface area contributed by atoms with E-state index in [1.165, 1.54) is 23.0 Å². The van der Waals surface area contributed by atoms with Crippen molar-refractivity contribution in [2.75, 3.05) is 19.0 Å². The lowest BCUT2D eigenvalue weighted by atomic mass is 10.2. The summed E-state index contributed by atoms with van der Waals surface area (Å²) in [6, 6.07) is 15.0. The third-order valence-electron chi connectivity index (χ3n) is 5.34. The molecule has 35 heavy (non-hydrogen) atoms. The van der Waals surface area contributed by atoms with Gasteiger partial charge in [0.05, 0.1) is 31.3 Å². The molecule has 1 N–H and O–H groups in total. The Morgan fingerprint density at radius 1 is 1.00 bits per heavy atom. The molecule has 2 aromatic carbocycles. The topological polar surface area (TPSA) is 109 Å². The van der Waals surface area contributed by atoms with Crippen molar-refractivity contribution >= 4 is 39.1 Å². The minimum absolute atomic E-state index is 0.00641. The van der Waals surface area contributed by atoms with Crippen LogP contribution in [0.25, 0.3) is 10.2 Å². The first-order valence-corrected chi connectivity index (χ1v) is 11.7. The number of carbonyl (C=O) groups is 2. The molecule has 4 rings (SSSR count). The predicted molar refractivity (Wildman–Crippen MR) is 133 cm³/mol. The van der Waals surface area contributed by atoms with Crippen LogP contribution >= 0.6 is 11.3 Å². The molecule has 0 saturated carbocycles. The minimum Gasteiger partial charge on any atom is -0.496 e. The maximum atomic E-state index is 13.3. The predicted octanol–water partition coefficient (Wildman–Crippen LogP) is 3.10. The Labute approximate surface area is 204 Å². The second-order valence-corrected chi connectivity index (χ2v) is 8.47. The molecule has 0 atom stereocenters. The van der Waals surface area contributed by atoms with Gasteiger partial charge in [-0.1, -0.05) is 18.2 Å². The van der Waals surface area contributed by atoms with Crippen LogP contribution in [0, 0.1) is 0 Å². The highest BCUT2D eigenvalue weighted by Gasteiger charge is 2.18. The van der Waals surface area contributed by atoms with Crippen LogP contribution in [0.3, 0.4) is 0 Å². The van der Waals surface area contributed by atoms with Gasteiger partial charge in [0, 0.05) is 11.3 Å². The molecule has 0 saturated heterocycles. The first-order valence-electron chi connectivity index (χ1n) is 10.8. The van der Waals surface area contributed by atoms with Crippen LogP contribution in [-0.4, -0.2) is 34.7 Å². The van der Waals surface area contributed by atoms with Gasteiger partial charge in [-0.3, -0.25) is 18.7 Å². The van der Waals surface area contributed by atoms with Gasteiger partial charge in [0.2, 0.25) is 5.91 Å². The molecular formula is C25H23N3O6S. The van der Waals surface area contributed by atoms with Crippen molar-refractivity contribution in [3.63, 3.8) is 0 Å². The number of anilines is 1. The molecule has 1 amide bonds. The average Bonchev–Trinajstić information content (AvgIpc) is 3.35. The zero-order chi connectivity index (χ0) is 24.9. The Hall–Kier alpha value is -4.18. The summed E-state index contributed by atoms with van der Waals surface area (Å²) in [5.41, 5.74) is 0.873. The van der Waals surface area contributed by atoms with Crippen molar-refractivity contribution in [2.24, 2.45) is 0 Å². The zero-order valence-corrected chi connectivity index (χ0v) is 20.0. The highest BCUT2D eigenvalue weighted by atomic mass is 32.1. The van der Waals surface area contributed by atoms with Crippen molar-refractivity contribution in [1.82, 2.24) is 9.13 Å². The highest BCUT2D eigenvalue weighted by molar-refractivity contribution is 7.17. The molecule has 0 radical (unpaired) electrons. The monoisotopic (exact) mass is 493 g/mol. The average molecular weight is 494 g/mol. The summed E-state index contributed by atoms with van der Waals surface area (Å²) in [5.74, 6) is -0.347.